The predicted molar refractivity (Wildman–Crippen MR) is 118 cm³/mol. The van der Waals surface area contributed by atoms with Gasteiger partial charge in [-0.3, -0.25) is 14.5 Å². The molecule has 1 fully saturated rings. The number of hydrogen-bond donors (Lipinski definition) is 1. The van der Waals surface area contributed by atoms with Gasteiger partial charge in [-0.2, -0.15) is 0 Å². The summed E-state index contributed by atoms with van der Waals surface area (Å²) in [5, 5.41) is 3.02. The molecule has 1 saturated heterocycles. The van der Waals surface area contributed by atoms with Crippen LogP contribution in [-0.2, 0) is 9.59 Å². The van der Waals surface area contributed by atoms with Gasteiger partial charge in [0.15, 0.2) is 6.10 Å². The molecule has 2 aliphatic heterocycles. The maximum absolute atomic E-state index is 12.9. The van der Waals surface area contributed by atoms with E-state index < -0.39 is 6.10 Å². The number of carbonyl (C=O) groups is 2. The molecule has 1 unspecified atom stereocenters. The topological polar surface area (TPSA) is 65.1 Å². The normalized spacial score (nSPS) is 19.3. The molecule has 0 bridgehead atoms. The van der Waals surface area contributed by atoms with Crippen molar-refractivity contribution in [2.24, 2.45) is 0 Å². The van der Waals surface area contributed by atoms with Crippen molar-refractivity contribution in [3.05, 3.63) is 48.5 Å². The van der Waals surface area contributed by atoms with E-state index in [1.54, 1.807) is 13.0 Å². The molecule has 1 atom stereocenters. The number of fused-ring (bicyclic) bond motifs is 1. The van der Waals surface area contributed by atoms with Gasteiger partial charge in [0.2, 0.25) is 5.91 Å². The molecule has 1 N–H and O–H groups in total. The molecule has 7 heteroatoms. The number of para-hydroxylation sites is 4. The summed E-state index contributed by atoms with van der Waals surface area (Å²) in [6, 6.07) is 15.2. The Kier molecular flexibility index (Phi) is 5.90. The third-order valence-electron chi connectivity index (χ3n) is 5.71. The second-order valence-corrected chi connectivity index (χ2v) is 7.64. The molecule has 0 radical (unpaired) electrons. The van der Waals surface area contributed by atoms with Crippen molar-refractivity contribution in [1.29, 1.82) is 0 Å². The number of amides is 2. The molecule has 4 rings (SSSR count). The Hall–Kier alpha value is -3.06. The van der Waals surface area contributed by atoms with Gasteiger partial charge in [0.05, 0.1) is 17.1 Å². The van der Waals surface area contributed by atoms with Crippen molar-refractivity contribution < 1.29 is 14.3 Å². The molecule has 7 nitrogen and oxygen atoms in total. The first-order valence-electron chi connectivity index (χ1n) is 10.5. The summed E-state index contributed by atoms with van der Waals surface area (Å²) in [6.45, 7) is 8.75. The molecule has 2 aromatic rings. The highest BCUT2D eigenvalue weighted by atomic mass is 16.5. The van der Waals surface area contributed by atoms with Gasteiger partial charge in [0.1, 0.15) is 12.3 Å². The van der Waals surface area contributed by atoms with E-state index in [2.05, 4.69) is 22.0 Å². The lowest BCUT2D eigenvalue weighted by Crippen LogP contribution is -2.48. The van der Waals surface area contributed by atoms with Gasteiger partial charge < -0.3 is 19.9 Å². The summed E-state index contributed by atoms with van der Waals surface area (Å²) in [5.74, 6) is 0.173. The van der Waals surface area contributed by atoms with Gasteiger partial charge in [0, 0.05) is 26.2 Å². The third-order valence-corrected chi connectivity index (χ3v) is 5.71. The number of carbonyl (C=O) groups excluding carboxylic acids is 2. The van der Waals surface area contributed by atoms with Crippen LogP contribution >= 0.6 is 0 Å². The van der Waals surface area contributed by atoms with E-state index in [1.165, 1.54) is 4.90 Å². The van der Waals surface area contributed by atoms with E-state index in [0.717, 1.165) is 44.1 Å². The molecule has 0 aromatic heterocycles. The fourth-order valence-electron chi connectivity index (χ4n) is 4.02. The van der Waals surface area contributed by atoms with E-state index >= 15 is 0 Å². The standard InChI is InChI=1S/C23H28N4O3/c1-3-25-12-14-26(15-13-25)19-9-5-4-8-18(19)24-22(28)16-27-20-10-6-7-11-21(20)30-17(2)23(27)29/h4-11,17H,3,12-16H2,1-2H3,(H,24,28). The van der Waals surface area contributed by atoms with E-state index in [1.807, 2.05) is 42.5 Å². The van der Waals surface area contributed by atoms with Crippen LogP contribution in [0.3, 0.4) is 0 Å². The lowest BCUT2D eigenvalue weighted by atomic mass is 10.2. The summed E-state index contributed by atoms with van der Waals surface area (Å²) in [5.41, 5.74) is 2.41. The highest BCUT2D eigenvalue weighted by Crippen LogP contribution is 2.33. The van der Waals surface area contributed by atoms with Crippen LogP contribution in [0.1, 0.15) is 13.8 Å². The van der Waals surface area contributed by atoms with Crippen LogP contribution in [0, 0.1) is 0 Å². The van der Waals surface area contributed by atoms with Crippen molar-refractivity contribution in [2.45, 2.75) is 20.0 Å². The minimum Gasteiger partial charge on any atom is -0.479 e. The average Bonchev–Trinajstić information content (AvgIpc) is 2.77. The quantitative estimate of drug-likeness (QED) is 0.824. The predicted octanol–water partition coefficient (Wildman–Crippen LogP) is 2.58. The fourth-order valence-corrected chi connectivity index (χ4v) is 4.02. The number of rotatable bonds is 5. The zero-order valence-corrected chi connectivity index (χ0v) is 17.5. The van der Waals surface area contributed by atoms with Crippen molar-refractivity contribution >= 4 is 28.9 Å². The Balaban J connectivity index is 1.48. The van der Waals surface area contributed by atoms with Crippen molar-refractivity contribution in [3.8, 4) is 5.75 Å². The smallest absolute Gasteiger partial charge is 0.268 e. The van der Waals surface area contributed by atoms with Crippen molar-refractivity contribution in [1.82, 2.24) is 4.90 Å². The number of likely N-dealkylation sites (N-methyl/N-ethyl adjacent to an activating group) is 1. The zero-order chi connectivity index (χ0) is 21.1. The van der Waals surface area contributed by atoms with Crippen LogP contribution in [0.5, 0.6) is 5.75 Å². The molecule has 2 amide bonds. The van der Waals surface area contributed by atoms with E-state index in [-0.39, 0.29) is 18.4 Å². The SMILES string of the molecule is CCN1CCN(c2ccccc2NC(=O)CN2C(=O)C(C)Oc3ccccc32)CC1. The number of ether oxygens (including phenoxy) is 1. The molecule has 0 aliphatic carbocycles. The first kappa shape index (κ1) is 20.2. The van der Waals surface area contributed by atoms with E-state index in [0.29, 0.717) is 11.4 Å². The third kappa shape index (κ3) is 4.11. The maximum Gasteiger partial charge on any atom is 0.268 e. The lowest BCUT2D eigenvalue weighted by Gasteiger charge is -2.36. The number of nitrogens with one attached hydrogen (secondary N) is 1. The van der Waals surface area contributed by atoms with Crippen LogP contribution in [0.25, 0.3) is 0 Å². The van der Waals surface area contributed by atoms with Crippen molar-refractivity contribution in [3.63, 3.8) is 0 Å². The van der Waals surface area contributed by atoms with Crippen LogP contribution in [-0.4, -0.2) is 62.1 Å². The first-order chi connectivity index (χ1) is 14.6. The highest BCUT2D eigenvalue weighted by Gasteiger charge is 2.32. The Bertz CT molecular complexity index is 924. The molecular weight excluding hydrogens is 380 g/mol. The molecule has 30 heavy (non-hydrogen) atoms. The summed E-state index contributed by atoms with van der Waals surface area (Å²) >= 11 is 0. The lowest BCUT2D eigenvalue weighted by molar-refractivity contribution is -0.127. The molecule has 2 heterocycles. The van der Waals surface area contributed by atoms with Gasteiger partial charge in [-0.15, -0.1) is 0 Å². The Morgan fingerprint density at radius 2 is 1.70 bits per heavy atom. The Morgan fingerprint density at radius 1 is 1.03 bits per heavy atom. The van der Waals surface area contributed by atoms with Crippen LogP contribution in [0.4, 0.5) is 17.1 Å². The summed E-state index contributed by atoms with van der Waals surface area (Å²) in [7, 11) is 0. The second-order valence-electron chi connectivity index (χ2n) is 7.64. The van der Waals surface area contributed by atoms with E-state index in [4.69, 9.17) is 4.74 Å². The van der Waals surface area contributed by atoms with Gasteiger partial charge >= 0.3 is 0 Å². The minimum atomic E-state index is -0.616. The van der Waals surface area contributed by atoms with Crippen LogP contribution in [0.15, 0.2) is 48.5 Å². The summed E-state index contributed by atoms with van der Waals surface area (Å²) < 4.78 is 5.66. The largest absolute Gasteiger partial charge is 0.479 e. The number of piperazine rings is 1. The number of anilines is 3. The summed E-state index contributed by atoms with van der Waals surface area (Å²) in [4.78, 5) is 31.8. The minimum absolute atomic E-state index is 0.0541. The fraction of sp³-hybridized carbons (Fsp3) is 0.391. The second kappa shape index (κ2) is 8.75. The average molecular weight is 409 g/mol. The van der Waals surface area contributed by atoms with Crippen LogP contribution in [0.2, 0.25) is 0 Å². The zero-order valence-electron chi connectivity index (χ0n) is 17.5. The molecule has 2 aromatic carbocycles. The van der Waals surface area contributed by atoms with Gasteiger partial charge in [-0.05, 0) is 37.7 Å². The molecular formula is C23H28N4O3. The molecule has 2 aliphatic rings. The Morgan fingerprint density at radius 3 is 2.43 bits per heavy atom. The van der Waals surface area contributed by atoms with Crippen LogP contribution < -0.4 is 19.9 Å². The molecule has 158 valence electrons. The summed E-state index contributed by atoms with van der Waals surface area (Å²) in [6.07, 6.45) is -0.616. The number of hydrogen-bond acceptors (Lipinski definition) is 5. The number of nitrogens with zero attached hydrogens (tertiary/aromatic N) is 3. The molecule has 0 saturated carbocycles. The number of benzene rings is 2. The van der Waals surface area contributed by atoms with E-state index in [9.17, 15) is 9.59 Å². The maximum atomic E-state index is 12.9. The van der Waals surface area contributed by atoms with Gasteiger partial charge in [-0.25, -0.2) is 0 Å². The van der Waals surface area contributed by atoms with Crippen molar-refractivity contribution in [2.75, 3.05) is 54.4 Å². The first-order valence-corrected chi connectivity index (χ1v) is 10.5. The monoisotopic (exact) mass is 408 g/mol. The Labute approximate surface area is 177 Å². The van der Waals surface area contributed by atoms with Gasteiger partial charge in [0.25, 0.3) is 5.91 Å². The van der Waals surface area contributed by atoms with Gasteiger partial charge in [-0.1, -0.05) is 31.2 Å². The highest BCUT2D eigenvalue weighted by molar-refractivity contribution is 6.06. The molecule has 0 spiro atoms.